The molecule has 1 N–H and O–H groups in total. The van der Waals surface area contributed by atoms with E-state index in [0.717, 1.165) is 44.7 Å². The molecule has 1 aromatic carbocycles. The lowest BCUT2D eigenvalue weighted by molar-refractivity contribution is 0.0357. The number of hydrogen-bond acceptors (Lipinski definition) is 11. The second kappa shape index (κ2) is 11.2. The summed E-state index contributed by atoms with van der Waals surface area (Å²) in [6, 6.07) is 3.69. The molecule has 0 unspecified atom stereocenters. The Morgan fingerprint density at radius 3 is 2.88 bits per heavy atom. The molecule has 10 nitrogen and oxygen atoms in total. The average molecular weight is 474 g/mol. The van der Waals surface area contributed by atoms with Crippen molar-refractivity contribution in [3.05, 3.63) is 29.5 Å². The van der Waals surface area contributed by atoms with Gasteiger partial charge in [-0.15, -0.1) is 11.3 Å². The fraction of sp³-hybridized carbons (Fsp3) is 0.455. The summed E-state index contributed by atoms with van der Waals surface area (Å²) < 4.78 is 21.9. The molecule has 0 aliphatic carbocycles. The Bertz CT molecular complexity index is 1090. The van der Waals surface area contributed by atoms with Crippen molar-refractivity contribution in [3.63, 3.8) is 0 Å². The Kier molecular flexibility index (Phi) is 7.87. The first-order chi connectivity index (χ1) is 16.2. The van der Waals surface area contributed by atoms with Gasteiger partial charge in [0.05, 0.1) is 39.1 Å². The smallest absolute Gasteiger partial charge is 0.357 e. The second-order valence-electron chi connectivity index (χ2n) is 7.28. The maximum atomic E-state index is 11.9. The molecule has 11 heteroatoms. The summed E-state index contributed by atoms with van der Waals surface area (Å²) in [4.78, 5) is 27.3. The molecule has 0 spiro atoms. The number of nitrogens with zero attached hydrogens (tertiary/aromatic N) is 4. The number of anilines is 2. The van der Waals surface area contributed by atoms with Crippen LogP contribution in [0.3, 0.4) is 0 Å². The lowest BCUT2D eigenvalue weighted by atomic mass is 10.2. The van der Waals surface area contributed by atoms with Gasteiger partial charge in [-0.05, 0) is 19.4 Å². The van der Waals surface area contributed by atoms with Crippen LogP contribution in [0.5, 0.6) is 11.5 Å². The second-order valence-corrected chi connectivity index (χ2v) is 8.14. The first-order valence-corrected chi connectivity index (χ1v) is 11.7. The van der Waals surface area contributed by atoms with Crippen molar-refractivity contribution in [2.24, 2.45) is 0 Å². The molecule has 2 aromatic heterocycles. The lowest BCUT2D eigenvalue weighted by Gasteiger charge is -2.26. The zero-order valence-corrected chi connectivity index (χ0v) is 19.5. The average Bonchev–Trinajstić information content (AvgIpc) is 3.31. The van der Waals surface area contributed by atoms with E-state index in [2.05, 4.69) is 25.2 Å². The number of benzene rings is 1. The van der Waals surface area contributed by atoms with Crippen molar-refractivity contribution >= 4 is 39.2 Å². The first-order valence-electron chi connectivity index (χ1n) is 10.8. The van der Waals surface area contributed by atoms with E-state index in [9.17, 15) is 4.79 Å². The number of aromatic nitrogens is 3. The molecule has 3 heterocycles. The molecular formula is C22H27N5O5S. The van der Waals surface area contributed by atoms with Crippen LogP contribution in [0.1, 0.15) is 23.8 Å². The quantitative estimate of drug-likeness (QED) is 0.348. The number of fused-ring (bicyclic) bond motifs is 1. The van der Waals surface area contributed by atoms with Gasteiger partial charge in [-0.2, -0.15) is 0 Å². The number of morpholine rings is 1. The van der Waals surface area contributed by atoms with Crippen molar-refractivity contribution in [3.8, 4) is 11.5 Å². The van der Waals surface area contributed by atoms with Gasteiger partial charge in [0, 0.05) is 36.5 Å². The molecule has 0 bridgehead atoms. The van der Waals surface area contributed by atoms with Gasteiger partial charge in [0.2, 0.25) is 0 Å². The molecule has 1 fully saturated rings. The van der Waals surface area contributed by atoms with E-state index in [1.807, 2.05) is 12.1 Å². The van der Waals surface area contributed by atoms with Crippen LogP contribution in [0.15, 0.2) is 23.8 Å². The fourth-order valence-electron chi connectivity index (χ4n) is 3.46. The Morgan fingerprint density at radius 2 is 2.09 bits per heavy atom. The predicted octanol–water partition coefficient (Wildman–Crippen LogP) is 3.12. The van der Waals surface area contributed by atoms with E-state index in [0.29, 0.717) is 41.2 Å². The van der Waals surface area contributed by atoms with E-state index in [4.69, 9.17) is 18.9 Å². The zero-order valence-electron chi connectivity index (χ0n) is 18.7. The third kappa shape index (κ3) is 5.86. The maximum Gasteiger partial charge on any atom is 0.357 e. The van der Waals surface area contributed by atoms with Crippen LogP contribution in [0.4, 0.5) is 10.9 Å². The van der Waals surface area contributed by atoms with Gasteiger partial charge >= 0.3 is 5.97 Å². The maximum absolute atomic E-state index is 11.9. The summed E-state index contributed by atoms with van der Waals surface area (Å²) in [5.41, 5.74) is 0.965. The van der Waals surface area contributed by atoms with Crippen molar-refractivity contribution in [2.45, 2.75) is 13.3 Å². The lowest BCUT2D eigenvalue weighted by Crippen LogP contribution is -2.37. The van der Waals surface area contributed by atoms with E-state index in [1.54, 1.807) is 19.4 Å². The van der Waals surface area contributed by atoms with Crippen molar-refractivity contribution in [2.75, 3.05) is 58.5 Å². The largest absolute Gasteiger partial charge is 0.493 e. The van der Waals surface area contributed by atoms with Crippen LogP contribution < -0.4 is 14.8 Å². The number of ether oxygens (including phenoxy) is 4. The molecule has 1 aliphatic rings. The van der Waals surface area contributed by atoms with E-state index in [1.165, 1.54) is 17.7 Å². The van der Waals surface area contributed by atoms with E-state index < -0.39 is 5.97 Å². The van der Waals surface area contributed by atoms with Crippen molar-refractivity contribution in [1.82, 2.24) is 19.9 Å². The Morgan fingerprint density at radius 1 is 1.24 bits per heavy atom. The summed E-state index contributed by atoms with van der Waals surface area (Å²) in [5.74, 6) is 1.34. The highest BCUT2D eigenvalue weighted by atomic mass is 32.1. The van der Waals surface area contributed by atoms with Crippen LogP contribution in [-0.4, -0.2) is 79.0 Å². The first kappa shape index (κ1) is 23.1. The number of nitrogens with one attached hydrogen (secondary N) is 1. The van der Waals surface area contributed by atoms with Crippen molar-refractivity contribution in [1.29, 1.82) is 0 Å². The molecule has 1 aliphatic heterocycles. The van der Waals surface area contributed by atoms with Crippen LogP contribution in [0, 0.1) is 0 Å². The van der Waals surface area contributed by atoms with E-state index >= 15 is 0 Å². The fourth-order valence-corrected chi connectivity index (χ4v) is 4.14. The van der Waals surface area contributed by atoms with Crippen LogP contribution in [0.25, 0.3) is 10.9 Å². The van der Waals surface area contributed by atoms with Crippen LogP contribution in [-0.2, 0) is 9.47 Å². The molecule has 33 heavy (non-hydrogen) atoms. The summed E-state index contributed by atoms with van der Waals surface area (Å²) >= 11 is 1.29. The SMILES string of the molecule is CCOC(=O)c1csc(Nc2ncnc3cc(OCCCN4CCOCC4)c(OC)cc23)n1. The number of hydrogen-bond donors (Lipinski definition) is 1. The van der Waals surface area contributed by atoms with Crippen LogP contribution in [0.2, 0.25) is 0 Å². The number of carbonyl (C=O) groups is 1. The number of methoxy groups -OCH3 is 1. The highest BCUT2D eigenvalue weighted by Crippen LogP contribution is 2.35. The zero-order chi connectivity index (χ0) is 23.0. The van der Waals surface area contributed by atoms with Gasteiger partial charge in [-0.25, -0.2) is 19.7 Å². The molecule has 1 saturated heterocycles. The van der Waals surface area contributed by atoms with Gasteiger partial charge in [0.25, 0.3) is 0 Å². The molecule has 0 radical (unpaired) electrons. The molecular weight excluding hydrogens is 446 g/mol. The predicted molar refractivity (Wildman–Crippen MR) is 125 cm³/mol. The van der Waals surface area contributed by atoms with Gasteiger partial charge < -0.3 is 24.3 Å². The minimum atomic E-state index is -0.452. The monoisotopic (exact) mass is 473 g/mol. The van der Waals surface area contributed by atoms with Crippen molar-refractivity contribution < 1.29 is 23.7 Å². The molecule has 0 saturated carbocycles. The van der Waals surface area contributed by atoms with Gasteiger partial charge in [0.15, 0.2) is 22.3 Å². The Hall–Kier alpha value is -3.02. The summed E-state index contributed by atoms with van der Waals surface area (Å²) in [6.07, 6.45) is 2.38. The number of carbonyl (C=O) groups excluding carboxylic acids is 1. The summed E-state index contributed by atoms with van der Waals surface area (Å²) in [5, 5.41) is 6.09. The summed E-state index contributed by atoms with van der Waals surface area (Å²) in [7, 11) is 1.60. The van der Waals surface area contributed by atoms with Gasteiger partial charge in [-0.3, -0.25) is 4.90 Å². The Balaban J connectivity index is 1.45. The number of rotatable bonds is 10. The highest BCUT2D eigenvalue weighted by molar-refractivity contribution is 7.14. The normalized spacial score (nSPS) is 14.2. The molecule has 0 amide bonds. The Labute approximate surface area is 195 Å². The standard InChI is InChI=1S/C22H27N5O5S/c1-3-31-21(28)17-13-33-22(25-17)26-20-15-11-18(29-2)19(12-16(15)23-14-24-20)32-8-4-5-27-6-9-30-10-7-27/h11-14H,3-10H2,1-2H3,(H,23,24,25,26). The number of esters is 1. The molecule has 3 aromatic rings. The van der Waals surface area contributed by atoms with Crippen LogP contribution >= 0.6 is 11.3 Å². The van der Waals surface area contributed by atoms with Gasteiger partial charge in [0.1, 0.15) is 12.1 Å². The molecule has 0 atom stereocenters. The number of thiazole rings is 1. The third-order valence-electron chi connectivity index (χ3n) is 5.11. The van der Waals surface area contributed by atoms with Gasteiger partial charge in [-0.1, -0.05) is 0 Å². The molecule has 176 valence electrons. The topological polar surface area (TPSA) is 108 Å². The highest BCUT2D eigenvalue weighted by Gasteiger charge is 2.16. The molecule has 4 rings (SSSR count). The third-order valence-corrected chi connectivity index (χ3v) is 5.87. The minimum Gasteiger partial charge on any atom is -0.493 e. The summed E-state index contributed by atoms with van der Waals surface area (Å²) in [6.45, 7) is 7.11. The van der Waals surface area contributed by atoms with E-state index in [-0.39, 0.29) is 5.69 Å². The minimum absolute atomic E-state index is 0.257.